The molecule has 2 N–H and O–H groups in total. The summed E-state index contributed by atoms with van der Waals surface area (Å²) in [6.07, 6.45) is 5.99. The van der Waals surface area contributed by atoms with Gasteiger partial charge in [0.1, 0.15) is 5.54 Å². The highest BCUT2D eigenvalue weighted by atomic mass is 16.4. The van der Waals surface area contributed by atoms with Crippen molar-refractivity contribution in [2.24, 2.45) is 5.92 Å². The van der Waals surface area contributed by atoms with Gasteiger partial charge in [-0.25, -0.2) is 0 Å². The quantitative estimate of drug-likeness (QED) is 0.754. The van der Waals surface area contributed by atoms with E-state index in [9.17, 15) is 9.90 Å². The van der Waals surface area contributed by atoms with E-state index < -0.39 is 11.5 Å². The first-order chi connectivity index (χ1) is 6.97. The van der Waals surface area contributed by atoms with Crippen molar-refractivity contribution >= 4 is 5.97 Å². The minimum Gasteiger partial charge on any atom is -0.480 e. The molecule has 0 radical (unpaired) electrons. The molecule has 0 aromatic carbocycles. The van der Waals surface area contributed by atoms with Gasteiger partial charge in [-0.2, -0.15) is 0 Å². The Morgan fingerprint density at radius 3 is 2.27 bits per heavy atom. The van der Waals surface area contributed by atoms with Gasteiger partial charge in [-0.3, -0.25) is 10.1 Å². The van der Waals surface area contributed by atoms with Gasteiger partial charge in [0.25, 0.3) is 0 Å². The molecule has 1 unspecified atom stereocenters. The maximum Gasteiger partial charge on any atom is 0.323 e. The van der Waals surface area contributed by atoms with Crippen LogP contribution in [0.1, 0.15) is 52.9 Å². The Morgan fingerprint density at radius 1 is 1.33 bits per heavy atom. The summed E-state index contributed by atoms with van der Waals surface area (Å²) in [4.78, 5) is 11.3. The Hall–Kier alpha value is -0.570. The van der Waals surface area contributed by atoms with Crippen LogP contribution in [0, 0.1) is 5.92 Å². The van der Waals surface area contributed by atoms with Crippen LogP contribution in [0.4, 0.5) is 0 Å². The lowest BCUT2D eigenvalue weighted by atomic mass is 9.85. The van der Waals surface area contributed by atoms with Crippen molar-refractivity contribution in [1.29, 1.82) is 0 Å². The topological polar surface area (TPSA) is 49.3 Å². The number of carboxylic acids is 1. The predicted octanol–water partition coefficient (Wildman–Crippen LogP) is 2.41. The van der Waals surface area contributed by atoms with E-state index in [4.69, 9.17) is 0 Å². The van der Waals surface area contributed by atoms with Crippen LogP contribution in [0.25, 0.3) is 0 Å². The maximum atomic E-state index is 11.3. The Morgan fingerprint density at radius 2 is 1.87 bits per heavy atom. The highest BCUT2D eigenvalue weighted by molar-refractivity contribution is 5.78. The van der Waals surface area contributed by atoms with Crippen molar-refractivity contribution in [2.45, 2.75) is 64.5 Å². The molecule has 0 spiro atoms. The number of hydrogen-bond acceptors (Lipinski definition) is 2. The van der Waals surface area contributed by atoms with E-state index in [-0.39, 0.29) is 5.92 Å². The number of rotatable bonds is 4. The molecule has 0 heterocycles. The predicted molar refractivity (Wildman–Crippen MR) is 60.9 cm³/mol. The second kappa shape index (κ2) is 4.97. The number of aliphatic carboxylic acids is 1. The summed E-state index contributed by atoms with van der Waals surface area (Å²) < 4.78 is 0. The Labute approximate surface area is 92.3 Å². The summed E-state index contributed by atoms with van der Waals surface area (Å²) >= 11 is 0. The maximum absolute atomic E-state index is 11.3. The van der Waals surface area contributed by atoms with Crippen LogP contribution in [-0.2, 0) is 4.79 Å². The third-order valence-electron chi connectivity index (χ3n) is 3.71. The van der Waals surface area contributed by atoms with Gasteiger partial charge in [0, 0.05) is 6.04 Å². The molecule has 1 aliphatic carbocycles. The molecule has 0 aromatic rings. The summed E-state index contributed by atoms with van der Waals surface area (Å²) in [5.74, 6) is -0.625. The zero-order valence-corrected chi connectivity index (χ0v) is 10.0. The van der Waals surface area contributed by atoms with Gasteiger partial charge in [0.2, 0.25) is 0 Å². The third-order valence-corrected chi connectivity index (χ3v) is 3.71. The minimum atomic E-state index is -0.776. The fraction of sp³-hybridized carbons (Fsp3) is 0.917. The van der Waals surface area contributed by atoms with Gasteiger partial charge in [0.05, 0.1) is 0 Å². The summed E-state index contributed by atoms with van der Waals surface area (Å²) in [6, 6.07) is 0.391. The van der Waals surface area contributed by atoms with Gasteiger partial charge < -0.3 is 5.11 Å². The molecule has 0 bridgehead atoms. The van der Waals surface area contributed by atoms with Gasteiger partial charge in [-0.05, 0) is 25.7 Å². The molecule has 0 amide bonds. The average Bonchev–Trinajstić information content (AvgIpc) is 2.18. The van der Waals surface area contributed by atoms with Gasteiger partial charge in [-0.15, -0.1) is 0 Å². The molecule has 1 rings (SSSR count). The van der Waals surface area contributed by atoms with Crippen LogP contribution < -0.4 is 5.32 Å². The van der Waals surface area contributed by atoms with E-state index in [2.05, 4.69) is 5.32 Å². The monoisotopic (exact) mass is 213 g/mol. The standard InChI is InChI=1S/C12H23NO2/c1-9(2)12(3,11(14)15)13-10-7-5-4-6-8-10/h9-10,13H,4-8H2,1-3H3,(H,14,15). The highest BCUT2D eigenvalue weighted by Crippen LogP contribution is 2.23. The van der Waals surface area contributed by atoms with E-state index in [0.29, 0.717) is 6.04 Å². The molecule has 0 saturated heterocycles. The summed E-state index contributed by atoms with van der Waals surface area (Å²) in [7, 11) is 0. The summed E-state index contributed by atoms with van der Waals surface area (Å²) in [5.41, 5.74) is -0.776. The van der Waals surface area contributed by atoms with Crippen molar-refractivity contribution < 1.29 is 9.90 Å². The Bertz CT molecular complexity index is 222. The Balaban J connectivity index is 2.61. The first-order valence-corrected chi connectivity index (χ1v) is 5.98. The normalized spacial score (nSPS) is 22.7. The molecule has 88 valence electrons. The number of carbonyl (C=O) groups is 1. The molecule has 0 aliphatic heterocycles. The highest BCUT2D eigenvalue weighted by Gasteiger charge is 2.38. The molecule has 1 aliphatic rings. The fourth-order valence-corrected chi connectivity index (χ4v) is 2.15. The zero-order valence-electron chi connectivity index (χ0n) is 10.0. The van der Waals surface area contributed by atoms with Crippen LogP contribution in [0.15, 0.2) is 0 Å². The van der Waals surface area contributed by atoms with Crippen LogP contribution in [0.2, 0.25) is 0 Å². The molecular formula is C12H23NO2. The van der Waals surface area contributed by atoms with Crippen LogP contribution in [-0.4, -0.2) is 22.7 Å². The van der Waals surface area contributed by atoms with Gasteiger partial charge >= 0.3 is 5.97 Å². The van der Waals surface area contributed by atoms with Crippen LogP contribution in [0.5, 0.6) is 0 Å². The number of nitrogens with one attached hydrogen (secondary N) is 1. The fourth-order valence-electron chi connectivity index (χ4n) is 2.15. The molecule has 1 atom stereocenters. The van der Waals surface area contributed by atoms with E-state index in [1.807, 2.05) is 13.8 Å². The SMILES string of the molecule is CC(C)C(C)(NC1CCCCC1)C(=O)O. The van der Waals surface area contributed by atoms with Gasteiger partial charge in [-0.1, -0.05) is 33.1 Å². The van der Waals surface area contributed by atoms with E-state index >= 15 is 0 Å². The van der Waals surface area contributed by atoms with Crippen LogP contribution >= 0.6 is 0 Å². The van der Waals surface area contributed by atoms with E-state index in [1.165, 1.54) is 19.3 Å². The molecule has 1 fully saturated rings. The lowest BCUT2D eigenvalue weighted by molar-refractivity contribution is -0.146. The second-order valence-corrected chi connectivity index (χ2v) is 5.14. The third kappa shape index (κ3) is 2.94. The second-order valence-electron chi connectivity index (χ2n) is 5.14. The largest absolute Gasteiger partial charge is 0.480 e. The molecule has 15 heavy (non-hydrogen) atoms. The molecule has 1 saturated carbocycles. The molecule has 3 nitrogen and oxygen atoms in total. The number of carboxylic acid groups (broad SMARTS) is 1. The molecule has 3 heteroatoms. The lowest BCUT2D eigenvalue weighted by Gasteiger charge is -2.36. The van der Waals surface area contributed by atoms with Crippen molar-refractivity contribution in [3.05, 3.63) is 0 Å². The van der Waals surface area contributed by atoms with Crippen molar-refractivity contribution in [1.82, 2.24) is 5.32 Å². The zero-order chi connectivity index (χ0) is 11.5. The van der Waals surface area contributed by atoms with Crippen molar-refractivity contribution in [3.8, 4) is 0 Å². The summed E-state index contributed by atoms with van der Waals surface area (Å²) in [5, 5.41) is 12.6. The number of hydrogen-bond donors (Lipinski definition) is 2. The first-order valence-electron chi connectivity index (χ1n) is 5.98. The van der Waals surface area contributed by atoms with E-state index in [1.54, 1.807) is 6.92 Å². The van der Waals surface area contributed by atoms with Crippen LogP contribution in [0.3, 0.4) is 0 Å². The van der Waals surface area contributed by atoms with Crippen molar-refractivity contribution in [2.75, 3.05) is 0 Å². The Kier molecular flexibility index (Phi) is 4.14. The lowest BCUT2D eigenvalue weighted by Crippen LogP contribution is -2.57. The van der Waals surface area contributed by atoms with E-state index in [0.717, 1.165) is 12.8 Å². The molecule has 0 aromatic heterocycles. The smallest absolute Gasteiger partial charge is 0.323 e. The van der Waals surface area contributed by atoms with Gasteiger partial charge in [0.15, 0.2) is 0 Å². The minimum absolute atomic E-state index is 0.108. The summed E-state index contributed by atoms with van der Waals surface area (Å²) in [6.45, 7) is 5.72. The average molecular weight is 213 g/mol. The van der Waals surface area contributed by atoms with Crippen molar-refractivity contribution in [3.63, 3.8) is 0 Å². The first kappa shape index (κ1) is 12.5. The molecular weight excluding hydrogens is 190 g/mol.